The van der Waals surface area contributed by atoms with Crippen molar-refractivity contribution in [2.24, 2.45) is 0 Å². The fourth-order valence-electron chi connectivity index (χ4n) is 22.1. The van der Waals surface area contributed by atoms with E-state index in [1.165, 1.54) is 160 Å². The average Bonchev–Trinajstić information content (AvgIpc) is 1.46. The van der Waals surface area contributed by atoms with Gasteiger partial charge in [-0.05, 0) is 189 Å². The third-order valence-electron chi connectivity index (χ3n) is 25.5. The van der Waals surface area contributed by atoms with E-state index in [9.17, 15) is 10.5 Å². The number of nitrogens with zero attached hydrogens (tertiary/aromatic N) is 4. The Morgan fingerprint density at radius 3 is 0.990 bits per heavy atom. The highest BCUT2D eigenvalue weighted by Crippen LogP contribution is 2.74. The molecule has 98 heavy (non-hydrogen) atoms. The van der Waals surface area contributed by atoms with Crippen LogP contribution in [0.5, 0.6) is 0 Å². The van der Waals surface area contributed by atoms with Gasteiger partial charge in [-0.25, -0.2) is 0 Å². The van der Waals surface area contributed by atoms with E-state index >= 15 is 0 Å². The lowest BCUT2D eigenvalue weighted by molar-refractivity contribution is 0.515. The first-order chi connectivity index (χ1) is 47.8. The van der Waals surface area contributed by atoms with Gasteiger partial charge in [0.15, 0.2) is 0 Å². The van der Waals surface area contributed by atoms with Gasteiger partial charge < -0.3 is 8.80 Å². The maximum Gasteiger partial charge on any atom is 0.0995 e. The molecule has 0 bridgehead atoms. The summed E-state index contributed by atoms with van der Waals surface area (Å²) in [6.07, 6.45) is 1.39. The fourth-order valence-corrected chi connectivity index (χ4v) is 22.1. The van der Waals surface area contributed by atoms with Gasteiger partial charge in [0.25, 0.3) is 0 Å². The summed E-state index contributed by atoms with van der Waals surface area (Å²) in [6.45, 7) is 14.1. The average molecular weight is 1250 g/mol. The van der Waals surface area contributed by atoms with Crippen molar-refractivity contribution in [1.29, 1.82) is 10.5 Å². The van der Waals surface area contributed by atoms with E-state index < -0.39 is 21.7 Å². The van der Waals surface area contributed by atoms with Crippen LogP contribution < -0.4 is 0 Å². The second-order valence-corrected chi connectivity index (χ2v) is 31.6. The summed E-state index contributed by atoms with van der Waals surface area (Å²) in [5.41, 5.74) is 32.1. The highest BCUT2D eigenvalue weighted by Gasteiger charge is 2.65. The summed E-state index contributed by atoms with van der Waals surface area (Å²) >= 11 is 0. The van der Waals surface area contributed by atoms with Crippen LogP contribution in [0.1, 0.15) is 143 Å². The van der Waals surface area contributed by atoms with Crippen LogP contribution in [0.25, 0.3) is 121 Å². The third-order valence-corrected chi connectivity index (χ3v) is 25.5. The van der Waals surface area contributed by atoms with Crippen LogP contribution in [0.15, 0.2) is 243 Å². The van der Waals surface area contributed by atoms with Gasteiger partial charge in [0.2, 0.25) is 0 Å². The van der Waals surface area contributed by atoms with E-state index in [-0.39, 0.29) is 10.8 Å². The normalized spacial score (nSPS) is 16.3. The molecule has 13 aromatic carbocycles. The van der Waals surface area contributed by atoms with Gasteiger partial charge in [-0.3, -0.25) is 0 Å². The highest BCUT2D eigenvalue weighted by molar-refractivity contribution is 6.39. The van der Waals surface area contributed by atoms with Gasteiger partial charge in [-0.15, -0.1) is 0 Å². The summed E-state index contributed by atoms with van der Waals surface area (Å²) in [4.78, 5) is 0. The fraction of sp³-hybridized carbons (Fsp3) is 0.149. The summed E-state index contributed by atoms with van der Waals surface area (Å²) in [7, 11) is 0. The summed E-state index contributed by atoms with van der Waals surface area (Å²) in [6, 6.07) is 99.0. The molecule has 4 heteroatoms. The Balaban J connectivity index is 1.02. The van der Waals surface area contributed by atoms with E-state index in [0.29, 0.717) is 24.0 Å². The Morgan fingerprint density at radius 1 is 0.286 bits per heavy atom. The molecule has 0 saturated carbocycles. The Hall–Kier alpha value is -11.6. The monoisotopic (exact) mass is 1250 g/mol. The first-order valence-corrected chi connectivity index (χ1v) is 34.9. The molecule has 17 aromatic rings. The summed E-state index contributed by atoms with van der Waals surface area (Å²) in [5.74, 6) is 0. The molecular formula is C94H62N4. The topological polar surface area (TPSA) is 56.4 Å². The molecule has 4 aromatic heterocycles. The number of aromatic nitrogens is 2. The number of nitriles is 2. The van der Waals surface area contributed by atoms with Crippen molar-refractivity contribution in [3.8, 4) is 56.6 Å². The van der Waals surface area contributed by atoms with Gasteiger partial charge >= 0.3 is 0 Å². The number of hydrogen-bond donors (Lipinski definition) is 0. The minimum atomic E-state index is -0.749. The molecule has 0 aliphatic heterocycles. The summed E-state index contributed by atoms with van der Waals surface area (Å²) < 4.78 is 5.24. The maximum absolute atomic E-state index is 12.7. The number of fused-ring (bicyclic) bond motifs is 41. The molecule has 0 fully saturated rings. The van der Waals surface area contributed by atoms with E-state index in [2.05, 4.69) is 305 Å². The third kappa shape index (κ3) is 5.69. The molecule has 0 radical (unpaired) electrons. The van der Waals surface area contributed by atoms with Gasteiger partial charge in [0.1, 0.15) is 0 Å². The lowest BCUT2D eigenvalue weighted by atomic mass is 9.67. The number of hydrogen-bond acceptors (Lipinski definition) is 2. The van der Waals surface area contributed by atoms with Crippen LogP contribution in [0.3, 0.4) is 0 Å². The predicted octanol–water partition coefficient (Wildman–Crippen LogP) is 22.4. The zero-order valence-corrected chi connectivity index (χ0v) is 55.3. The van der Waals surface area contributed by atoms with Crippen LogP contribution in [-0.2, 0) is 32.5 Å². The van der Waals surface area contributed by atoms with Crippen LogP contribution in [0.2, 0.25) is 0 Å². The molecule has 4 spiro atoms. The molecule has 0 amide bonds. The molecule has 6 aliphatic carbocycles. The minimum Gasteiger partial charge on any atom is -0.308 e. The van der Waals surface area contributed by atoms with Gasteiger partial charge in [-0.2, -0.15) is 10.5 Å². The molecule has 458 valence electrons. The van der Waals surface area contributed by atoms with Crippen LogP contribution in [-0.4, -0.2) is 8.80 Å². The van der Waals surface area contributed by atoms with Crippen molar-refractivity contribution in [1.82, 2.24) is 8.80 Å². The Bertz CT molecular complexity index is 6560. The van der Waals surface area contributed by atoms with Gasteiger partial charge in [-0.1, -0.05) is 242 Å². The lowest BCUT2D eigenvalue weighted by Gasteiger charge is -2.33. The van der Waals surface area contributed by atoms with Crippen LogP contribution in [0.4, 0.5) is 0 Å². The van der Waals surface area contributed by atoms with Crippen molar-refractivity contribution in [2.75, 3.05) is 0 Å². The number of rotatable bonds is 0. The smallest absolute Gasteiger partial charge is 0.0995 e. The van der Waals surface area contributed by atoms with Crippen molar-refractivity contribution < 1.29 is 0 Å². The van der Waals surface area contributed by atoms with Crippen molar-refractivity contribution in [3.05, 3.63) is 332 Å². The van der Waals surface area contributed by atoms with E-state index in [4.69, 9.17) is 0 Å². The lowest BCUT2D eigenvalue weighted by Crippen LogP contribution is -2.30. The second kappa shape index (κ2) is 17.2. The van der Waals surface area contributed by atoms with Crippen LogP contribution in [0, 0.1) is 22.7 Å². The van der Waals surface area contributed by atoms with Gasteiger partial charge in [0.05, 0.1) is 56.4 Å². The molecule has 0 atom stereocenters. The molecule has 6 aliphatic rings. The molecule has 4 heterocycles. The quantitative estimate of drug-likeness (QED) is 0.152. The minimum absolute atomic E-state index is 0.0830. The molecule has 23 rings (SSSR count). The molecule has 0 saturated heterocycles. The first kappa shape index (κ1) is 53.7. The molecule has 0 N–H and O–H groups in total. The molecule has 4 nitrogen and oxygen atoms in total. The highest BCUT2D eigenvalue weighted by atomic mass is 14.9. The van der Waals surface area contributed by atoms with E-state index in [1.807, 2.05) is 0 Å². The SMILES string of the molecule is CC(C)(C)c1ccc2c(c1)c1cc(C(C)(C)C)cc3c4c5c6c7c(c(C#N)cc6n6c8cc(C#N)c9c(c8c(cc4n2c13)c56)C1(CC92c3ccccc3-c3ccccc32)c2ccccc2-c2ccccc21)C1(CC72c3ccccc3-c3ccccc32)c2ccccc2-c2ccccc21. The molecule has 0 unspecified atom stereocenters. The zero-order chi connectivity index (χ0) is 65.2. The van der Waals surface area contributed by atoms with E-state index in [0.717, 1.165) is 38.6 Å². The Morgan fingerprint density at radius 2 is 0.602 bits per heavy atom. The van der Waals surface area contributed by atoms with Crippen molar-refractivity contribution >= 4 is 76.2 Å². The maximum atomic E-state index is 12.7. The Labute approximate surface area is 567 Å². The first-order valence-electron chi connectivity index (χ1n) is 34.9. The largest absolute Gasteiger partial charge is 0.308 e. The van der Waals surface area contributed by atoms with Crippen LogP contribution >= 0.6 is 0 Å². The standard InChI is InChI=1S/C94H62N4/c1-89(2,3)53-39-40-75-63(43-53)64-44-54(90(4,5)6)45-65-79-78(97(75)87(64)65)46-66-80-76(41-51(47-95)83-85(80)93(71-35-19-11-27-59(71)60-28-12-20-36-72(60)93)49-91(83)67-31-15-7-23-55(67)56-24-8-16-32-68(56)91)98-77-42-52(48-96)84-86(81(77)82(79)88(66)98)94(73-37-21-13-29-61(73)62-30-14-22-38-74(62)94)50-92(84)69-33-17-9-25-57(69)58-26-10-18-34-70(58)92/h7-46H,49-50H2,1-6H3. The van der Waals surface area contributed by atoms with Crippen molar-refractivity contribution in [2.45, 2.75) is 86.9 Å². The van der Waals surface area contributed by atoms with Gasteiger partial charge in [0, 0.05) is 64.7 Å². The second-order valence-electron chi connectivity index (χ2n) is 31.6. The predicted molar refractivity (Wildman–Crippen MR) is 399 cm³/mol. The van der Waals surface area contributed by atoms with Crippen molar-refractivity contribution in [3.63, 3.8) is 0 Å². The Kier molecular flexibility index (Phi) is 9.39. The summed E-state index contributed by atoms with van der Waals surface area (Å²) in [5, 5.41) is 35.1. The number of benzene rings is 13. The molecular weight excluding hydrogens is 1190 g/mol. The zero-order valence-electron chi connectivity index (χ0n) is 55.3. The van der Waals surface area contributed by atoms with E-state index in [1.54, 1.807) is 0 Å².